The Balaban J connectivity index is 0.000000137. The molecule has 0 heterocycles. The third-order valence-corrected chi connectivity index (χ3v) is 15.3. The Labute approximate surface area is 432 Å². The molecule has 12 rings (SSSR count). The molecule has 340 valence electrons. The summed E-state index contributed by atoms with van der Waals surface area (Å²) in [5, 5.41) is 23.9. The fourth-order valence-electron chi connectivity index (χ4n) is 10.4. The minimum absolute atomic E-state index is 0. The summed E-state index contributed by atoms with van der Waals surface area (Å²) >= 11 is 10.8. The number of hydrogen-bond donors (Lipinski definition) is 2. The van der Waals surface area contributed by atoms with Crippen LogP contribution in [0.1, 0.15) is 57.4 Å². The molecule has 0 unspecified atom stereocenters. The molecule has 0 saturated heterocycles. The molecular formula is C63H52BBr3O2. The van der Waals surface area contributed by atoms with E-state index in [2.05, 4.69) is 215 Å². The van der Waals surface area contributed by atoms with E-state index in [1.54, 1.807) is 0 Å². The van der Waals surface area contributed by atoms with Gasteiger partial charge in [0.25, 0.3) is 0 Å². The first-order chi connectivity index (χ1) is 32.8. The van der Waals surface area contributed by atoms with Crippen LogP contribution in [0.25, 0.3) is 77.2 Å². The van der Waals surface area contributed by atoms with Gasteiger partial charge in [0.15, 0.2) is 0 Å². The van der Waals surface area contributed by atoms with Gasteiger partial charge in [-0.25, -0.2) is 0 Å². The van der Waals surface area contributed by atoms with E-state index < -0.39 is 7.12 Å². The SMILES string of the molecule is C.CC1(C)c2cc(Br)ccc2-c2ccc(-c3c(-c4ccccc4)ccc4ccccc34)cc21.CC1(C)c2cc(Br)ccc2-c2ccc(Br)cc21.OB(O)c1c(-c2ccccc2)ccc2ccccc12. The summed E-state index contributed by atoms with van der Waals surface area (Å²) in [5.41, 5.74) is 18.6. The highest BCUT2D eigenvalue weighted by atomic mass is 79.9. The van der Waals surface area contributed by atoms with Crippen LogP contribution in [0.3, 0.4) is 0 Å². The Morgan fingerprint density at radius 2 is 0.710 bits per heavy atom. The predicted octanol–water partition coefficient (Wildman–Crippen LogP) is 17.6. The summed E-state index contributed by atoms with van der Waals surface area (Å²) in [5.74, 6) is 0. The third kappa shape index (κ3) is 8.99. The van der Waals surface area contributed by atoms with Crippen LogP contribution >= 0.6 is 47.8 Å². The minimum Gasteiger partial charge on any atom is -0.423 e. The molecule has 0 atom stereocenters. The number of hydrogen-bond acceptors (Lipinski definition) is 2. The van der Waals surface area contributed by atoms with Gasteiger partial charge in [-0.1, -0.05) is 247 Å². The molecule has 0 aliphatic heterocycles. The standard InChI is InChI=1S/C31H23Br.C16H13BO2.C15H12Br2.CH4/c1-31(2)28-18-22(13-16-26(28)27-17-14-23(32)19-29(27)31)30-24-11-7-6-10-21(24)12-15-25(30)20-8-4-3-5-9-20;18-17(19)16-14-9-5-4-8-13(14)10-11-15(16)12-6-2-1-3-7-12;1-15(2)13-7-9(16)3-5-11(13)12-6-4-10(17)8-14(12)15;/h3-19H,1-2H3;1-11,18-19H;3-8H,1-2H3;1H4. The lowest BCUT2D eigenvalue weighted by Crippen LogP contribution is -2.32. The molecule has 0 saturated carbocycles. The lowest BCUT2D eigenvalue weighted by molar-refractivity contribution is 0.426. The molecule has 0 spiro atoms. The average molecular weight is 1090 g/mol. The summed E-state index contributed by atoms with van der Waals surface area (Å²) < 4.78 is 3.44. The van der Waals surface area contributed by atoms with Crippen LogP contribution in [-0.2, 0) is 10.8 Å². The van der Waals surface area contributed by atoms with Crippen molar-refractivity contribution in [2.75, 3.05) is 0 Å². The number of fused-ring (bicyclic) bond motifs is 8. The first-order valence-electron chi connectivity index (χ1n) is 22.9. The molecular weight excluding hydrogens is 1040 g/mol. The second-order valence-corrected chi connectivity index (χ2v) is 21.4. The summed E-state index contributed by atoms with van der Waals surface area (Å²) in [7, 11) is -1.48. The average Bonchev–Trinajstić information content (AvgIpc) is 3.71. The maximum atomic E-state index is 9.72. The van der Waals surface area contributed by atoms with Crippen LogP contribution in [0.4, 0.5) is 0 Å². The van der Waals surface area contributed by atoms with Gasteiger partial charge in [0.05, 0.1) is 0 Å². The van der Waals surface area contributed by atoms with Gasteiger partial charge < -0.3 is 10.0 Å². The molecule has 2 aliphatic carbocycles. The summed E-state index contributed by atoms with van der Waals surface area (Å²) in [6, 6.07) is 72.3. The topological polar surface area (TPSA) is 40.5 Å². The zero-order valence-electron chi connectivity index (χ0n) is 38.2. The lowest BCUT2D eigenvalue weighted by Gasteiger charge is -2.23. The van der Waals surface area contributed by atoms with Gasteiger partial charge >= 0.3 is 7.12 Å². The normalized spacial score (nSPS) is 13.1. The van der Waals surface area contributed by atoms with Gasteiger partial charge in [-0.15, -0.1) is 0 Å². The molecule has 2 N–H and O–H groups in total. The van der Waals surface area contributed by atoms with Crippen LogP contribution in [0, 0.1) is 0 Å². The summed E-state index contributed by atoms with van der Waals surface area (Å²) in [6.07, 6.45) is 0. The number of rotatable bonds is 4. The van der Waals surface area contributed by atoms with E-state index >= 15 is 0 Å². The van der Waals surface area contributed by atoms with E-state index in [1.165, 1.54) is 77.5 Å². The highest BCUT2D eigenvalue weighted by Gasteiger charge is 2.37. The Morgan fingerprint density at radius 1 is 0.348 bits per heavy atom. The predicted molar refractivity (Wildman–Crippen MR) is 305 cm³/mol. The van der Waals surface area contributed by atoms with Crippen molar-refractivity contribution in [2.45, 2.75) is 46.0 Å². The lowest BCUT2D eigenvalue weighted by atomic mass is 9.72. The maximum absolute atomic E-state index is 9.72. The fourth-order valence-corrected chi connectivity index (χ4v) is 11.5. The molecule has 6 heteroatoms. The quantitative estimate of drug-likeness (QED) is 0.172. The van der Waals surface area contributed by atoms with Gasteiger partial charge in [0.1, 0.15) is 0 Å². The molecule has 2 aliphatic rings. The van der Waals surface area contributed by atoms with Gasteiger partial charge in [-0.2, -0.15) is 0 Å². The van der Waals surface area contributed by atoms with E-state index in [9.17, 15) is 10.0 Å². The highest BCUT2D eigenvalue weighted by molar-refractivity contribution is 9.11. The Morgan fingerprint density at radius 3 is 1.19 bits per heavy atom. The number of benzene rings is 10. The Bertz CT molecular complexity index is 3470. The Kier molecular flexibility index (Phi) is 13.6. The van der Waals surface area contributed by atoms with E-state index in [4.69, 9.17) is 0 Å². The van der Waals surface area contributed by atoms with Crippen molar-refractivity contribution in [2.24, 2.45) is 0 Å². The molecule has 2 nitrogen and oxygen atoms in total. The monoisotopic (exact) mass is 1090 g/mol. The molecule has 0 bridgehead atoms. The van der Waals surface area contributed by atoms with E-state index in [1.807, 2.05) is 66.7 Å². The van der Waals surface area contributed by atoms with Crippen molar-refractivity contribution < 1.29 is 10.0 Å². The third-order valence-electron chi connectivity index (χ3n) is 13.9. The van der Waals surface area contributed by atoms with Crippen LogP contribution in [0.2, 0.25) is 0 Å². The van der Waals surface area contributed by atoms with Gasteiger partial charge in [0, 0.05) is 24.2 Å². The van der Waals surface area contributed by atoms with Crippen LogP contribution in [-0.4, -0.2) is 17.2 Å². The fraction of sp³-hybridized carbons (Fsp3) is 0.111. The zero-order valence-corrected chi connectivity index (χ0v) is 43.0. The Hall–Kier alpha value is -5.86. The number of halogens is 3. The van der Waals surface area contributed by atoms with Crippen LogP contribution in [0.15, 0.2) is 220 Å². The van der Waals surface area contributed by atoms with E-state index in [-0.39, 0.29) is 18.3 Å². The van der Waals surface area contributed by atoms with Crippen LogP contribution in [0.5, 0.6) is 0 Å². The minimum atomic E-state index is -1.48. The van der Waals surface area contributed by atoms with E-state index in [0.717, 1.165) is 35.3 Å². The summed E-state index contributed by atoms with van der Waals surface area (Å²) in [6.45, 7) is 9.26. The highest BCUT2D eigenvalue weighted by Crippen LogP contribution is 2.52. The first kappa shape index (κ1) is 48.2. The molecule has 10 aromatic carbocycles. The van der Waals surface area contributed by atoms with Gasteiger partial charge in [-0.3, -0.25) is 0 Å². The molecule has 69 heavy (non-hydrogen) atoms. The largest absolute Gasteiger partial charge is 0.489 e. The molecule has 0 amide bonds. The summed E-state index contributed by atoms with van der Waals surface area (Å²) in [4.78, 5) is 0. The van der Waals surface area contributed by atoms with Crippen molar-refractivity contribution in [3.8, 4) is 55.6 Å². The van der Waals surface area contributed by atoms with Crippen LogP contribution < -0.4 is 5.46 Å². The second-order valence-electron chi connectivity index (χ2n) is 18.6. The second kappa shape index (κ2) is 19.5. The van der Waals surface area contributed by atoms with Gasteiger partial charge in [-0.05, 0) is 147 Å². The van der Waals surface area contributed by atoms with Crippen molar-refractivity contribution in [3.63, 3.8) is 0 Å². The molecule has 0 aromatic heterocycles. The van der Waals surface area contributed by atoms with Crippen molar-refractivity contribution in [1.29, 1.82) is 0 Å². The van der Waals surface area contributed by atoms with Gasteiger partial charge in [0.2, 0.25) is 0 Å². The van der Waals surface area contributed by atoms with E-state index in [0.29, 0.717) is 5.46 Å². The smallest absolute Gasteiger partial charge is 0.423 e. The zero-order chi connectivity index (χ0) is 47.3. The first-order valence-corrected chi connectivity index (χ1v) is 25.3. The maximum Gasteiger partial charge on any atom is 0.489 e. The molecule has 10 aromatic rings. The van der Waals surface area contributed by atoms with Crippen molar-refractivity contribution in [3.05, 3.63) is 242 Å². The molecule has 0 radical (unpaired) electrons. The van der Waals surface area contributed by atoms with Crippen molar-refractivity contribution in [1.82, 2.24) is 0 Å². The van der Waals surface area contributed by atoms with Crippen molar-refractivity contribution >= 4 is 81.9 Å². The molecule has 0 fully saturated rings.